The fourth-order valence-corrected chi connectivity index (χ4v) is 3.56. The van der Waals surface area contributed by atoms with Crippen LogP contribution < -0.4 is 20.5 Å². The standard InChI is InChI=1S/C28H25N5O3/c1-3-35-25-15-20(12-13-24(25)36-18-21-9-7-8-19(2)14-21)17-30-33-28-31-26(22-10-5-4-6-11-22)23(16-29)27(34)32-28/h4-15,17H,3,18H2,1-2H3,(H2,31,32,33,34). The zero-order valence-corrected chi connectivity index (χ0v) is 20.0. The van der Waals surface area contributed by atoms with Gasteiger partial charge in [-0.05, 0) is 43.2 Å². The van der Waals surface area contributed by atoms with Gasteiger partial charge in [-0.3, -0.25) is 9.78 Å². The SMILES string of the molecule is CCOc1cc(C=NNc2nc(-c3ccccc3)c(C#N)c(=O)[nH]2)ccc1OCc1cccc(C)c1. The van der Waals surface area contributed by atoms with E-state index >= 15 is 0 Å². The molecule has 36 heavy (non-hydrogen) atoms. The molecular weight excluding hydrogens is 454 g/mol. The summed E-state index contributed by atoms with van der Waals surface area (Å²) in [5.41, 5.74) is 6.09. The molecule has 0 aliphatic carbocycles. The van der Waals surface area contributed by atoms with Crippen LogP contribution in [0.2, 0.25) is 0 Å². The van der Waals surface area contributed by atoms with Gasteiger partial charge in [0.25, 0.3) is 5.56 Å². The lowest BCUT2D eigenvalue weighted by atomic mass is 10.1. The maximum absolute atomic E-state index is 12.4. The van der Waals surface area contributed by atoms with Crippen molar-refractivity contribution in [2.75, 3.05) is 12.0 Å². The Kier molecular flexibility index (Phi) is 7.73. The van der Waals surface area contributed by atoms with E-state index in [0.29, 0.717) is 30.3 Å². The van der Waals surface area contributed by atoms with E-state index in [1.807, 2.05) is 74.5 Å². The summed E-state index contributed by atoms with van der Waals surface area (Å²) >= 11 is 0. The number of aromatic nitrogens is 2. The van der Waals surface area contributed by atoms with Crippen molar-refractivity contribution in [2.24, 2.45) is 5.10 Å². The third kappa shape index (κ3) is 5.96. The largest absolute Gasteiger partial charge is 0.490 e. The van der Waals surface area contributed by atoms with Crippen molar-refractivity contribution in [3.8, 4) is 28.8 Å². The maximum atomic E-state index is 12.4. The molecule has 0 aliphatic rings. The minimum Gasteiger partial charge on any atom is -0.490 e. The molecule has 0 amide bonds. The van der Waals surface area contributed by atoms with Crippen LogP contribution in [0.15, 0.2) is 82.7 Å². The Bertz CT molecular complexity index is 1470. The van der Waals surface area contributed by atoms with Gasteiger partial charge in [0.2, 0.25) is 5.95 Å². The highest BCUT2D eigenvalue weighted by atomic mass is 16.5. The van der Waals surface area contributed by atoms with E-state index in [9.17, 15) is 10.1 Å². The minimum atomic E-state index is -0.544. The van der Waals surface area contributed by atoms with Gasteiger partial charge in [0.1, 0.15) is 18.2 Å². The summed E-state index contributed by atoms with van der Waals surface area (Å²) in [5.74, 6) is 1.36. The van der Waals surface area contributed by atoms with E-state index in [2.05, 4.69) is 26.6 Å². The number of nitrogens with zero attached hydrogens (tertiary/aromatic N) is 3. The zero-order chi connectivity index (χ0) is 25.3. The van der Waals surface area contributed by atoms with Crippen molar-refractivity contribution < 1.29 is 9.47 Å². The van der Waals surface area contributed by atoms with Gasteiger partial charge in [-0.1, -0.05) is 60.2 Å². The Morgan fingerprint density at radius 3 is 2.64 bits per heavy atom. The van der Waals surface area contributed by atoms with Crippen LogP contribution in [0.5, 0.6) is 11.5 Å². The molecule has 1 aromatic heterocycles. The Morgan fingerprint density at radius 2 is 1.89 bits per heavy atom. The second-order valence-electron chi connectivity index (χ2n) is 7.90. The van der Waals surface area contributed by atoms with E-state index in [1.54, 1.807) is 18.3 Å². The highest BCUT2D eigenvalue weighted by molar-refractivity contribution is 5.81. The highest BCUT2D eigenvalue weighted by Gasteiger charge is 2.13. The minimum absolute atomic E-state index is 0.0571. The molecular formula is C28H25N5O3. The monoisotopic (exact) mass is 479 g/mol. The fourth-order valence-electron chi connectivity index (χ4n) is 3.56. The second kappa shape index (κ2) is 11.5. The van der Waals surface area contributed by atoms with Crippen molar-refractivity contribution in [3.63, 3.8) is 0 Å². The van der Waals surface area contributed by atoms with Crippen LogP contribution in [-0.4, -0.2) is 22.8 Å². The normalized spacial score (nSPS) is 10.7. The van der Waals surface area contributed by atoms with E-state index in [-0.39, 0.29) is 17.2 Å². The molecule has 0 aliphatic heterocycles. The zero-order valence-electron chi connectivity index (χ0n) is 20.0. The third-order valence-electron chi connectivity index (χ3n) is 5.21. The highest BCUT2D eigenvalue weighted by Crippen LogP contribution is 2.29. The van der Waals surface area contributed by atoms with Crippen LogP contribution in [-0.2, 0) is 6.61 Å². The summed E-state index contributed by atoms with van der Waals surface area (Å²) in [6, 6.07) is 24.6. The smallest absolute Gasteiger partial charge is 0.270 e. The number of anilines is 1. The molecule has 180 valence electrons. The van der Waals surface area contributed by atoms with Crippen molar-refractivity contribution in [3.05, 3.63) is 105 Å². The molecule has 0 fully saturated rings. The number of aryl methyl sites for hydroxylation is 1. The molecule has 0 saturated heterocycles. The van der Waals surface area contributed by atoms with Crippen LogP contribution in [0.3, 0.4) is 0 Å². The lowest BCUT2D eigenvalue weighted by molar-refractivity contribution is 0.269. The van der Waals surface area contributed by atoms with Crippen LogP contribution in [0, 0.1) is 18.3 Å². The van der Waals surface area contributed by atoms with E-state index in [4.69, 9.17) is 9.47 Å². The molecule has 8 nitrogen and oxygen atoms in total. The number of aromatic amines is 1. The van der Waals surface area contributed by atoms with E-state index < -0.39 is 5.56 Å². The third-order valence-corrected chi connectivity index (χ3v) is 5.21. The topological polar surface area (TPSA) is 112 Å². The Morgan fingerprint density at radius 1 is 1.06 bits per heavy atom. The number of nitriles is 1. The van der Waals surface area contributed by atoms with Crippen molar-refractivity contribution in [1.82, 2.24) is 9.97 Å². The summed E-state index contributed by atoms with van der Waals surface area (Å²) < 4.78 is 11.8. The number of ether oxygens (including phenoxy) is 2. The van der Waals surface area contributed by atoms with Crippen molar-refractivity contribution in [1.29, 1.82) is 5.26 Å². The van der Waals surface area contributed by atoms with Gasteiger partial charge < -0.3 is 9.47 Å². The molecule has 2 N–H and O–H groups in total. The van der Waals surface area contributed by atoms with Gasteiger partial charge in [0.05, 0.1) is 18.5 Å². The van der Waals surface area contributed by atoms with Gasteiger partial charge >= 0.3 is 0 Å². The Hall–Kier alpha value is -4.90. The number of benzene rings is 3. The van der Waals surface area contributed by atoms with Crippen molar-refractivity contribution >= 4 is 12.2 Å². The van der Waals surface area contributed by atoms with E-state index in [0.717, 1.165) is 11.1 Å². The summed E-state index contributed by atoms with van der Waals surface area (Å²) in [7, 11) is 0. The molecule has 1 heterocycles. The molecule has 0 unspecified atom stereocenters. The molecule has 4 rings (SSSR count). The number of hydrogen-bond acceptors (Lipinski definition) is 7. The number of nitrogens with one attached hydrogen (secondary N) is 2. The lowest BCUT2D eigenvalue weighted by Crippen LogP contribution is -2.16. The van der Waals surface area contributed by atoms with Gasteiger partial charge in [0.15, 0.2) is 11.5 Å². The van der Waals surface area contributed by atoms with Gasteiger partial charge in [0, 0.05) is 5.56 Å². The quantitative estimate of drug-likeness (QED) is 0.257. The van der Waals surface area contributed by atoms with Crippen LogP contribution in [0.25, 0.3) is 11.3 Å². The van der Waals surface area contributed by atoms with E-state index in [1.165, 1.54) is 5.56 Å². The molecule has 0 radical (unpaired) electrons. The van der Waals surface area contributed by atoms with Gasteiger partial charge in [-0.2, -0.15) is 10.4 Å². The number of hydrazone groups is 1. The first-order valence-electron chi connectivity index (χ1n) is 11.4. The first kappa shape index (κ1) is 24.2. The molecule has 0 atom stereocenters. The molecule has 3 aromatic carbocycles. The number of H-pyrrole nitrogens is 1. The number of rotatable bonds is 9. The fraction of sp³-hybridized carbons (Fsp3) is 0.143. The first-order valence-corrected chi connectivity index (χ1v) is 11.4. The predicted octanol–water partition coefficient (Wildman–Crippen LogP) is 5.04. The van der Waals surface area contributed by atoms with Crippen LogP contribution in [0.4, 0.5) is 5.95 Å². The average molecular weight is 480 g/mol. The molecule has 0 spiro atoms. The summed E-state index contributed by atoms with van der Waals surface area (Å²) in [6.45, 7) is 4.86. The summed E-state index contributed by atoms with van der Waals surface area (Å²) in [6.07, 6.45) is 1.58. The molecule has 0 bridgehead atoms. The van der Waals surface area contributed by atoms with Crippen LogP contribution in [0.1, 0.15) is 29.2 Å². The summed E-state index contributed by atoms with van der Waals surface area (Å²) in [4.78, 5) is 19.3. The average Bonchev–Trinajstić information content (AvgIpc) is 2.89. The van der Waals surface area contributed by atoms with Gasteiger partial charge in [-0.15, -0.1) is 0 Å². The lowest BCUT2D eigenvalue weighted by Gasteiger charge is -2.13. The molecule has 8 heteroatoms. The predicted molar refractivity (Wildman–Crippen MR) is 139 cm³/mol. The van der Waals surface area contributed by atoms with Crippen molar-refractivity contribution in [2.45, 2.75) is 20.5 Å². The van der Waals surface area contributed by atoms with Crippen LogP contribution >= 0.6 is 0 Å². The van der Waals surface area contributed by atoms with Gasteiger partial charge in [-0.25, -0.2) is 10.4 Å². The first-order chi connectivity index (χ1) is 17.6. The Balaban J connectivity index is 1.51. The second-order valence-corrected chi connectivity index (χ2v) is 7.90. The molecule has 0 saturated carbocycles. The maximum Gasteiger partial charge on any atom is 0.270 e. The Labute approximate surface area is 208 Å². The molecule has 4 aromatic rings. The number of hydrogen-bond donors (Lipinski definition) is 2. The summed E-state index contributed by atoms with van der Waals surface area (Å²) in [5, 5.41) is 13.6.